The lowest BCUT2D eigenvalue weighted by Gasteiger charge is -2.33. The van der Waals surface area contributed by atoms with Crippen LogP contribution in [0.25, 0.3) is 0 Å². The van der Waals surface area contributed by atoms with E-state index in [-0.39, 0.29) is 11.8 Å². The summed E-state index contributed by atoms with van der Waals surface area (Å²) < 4.78 is 5.77. The Morgan fingerprint density at radius 2 is 1.90 bits per heavy atom. The Hall–Kier alpha value is -3.31. The van der Waals surface area contributed by atoms with Crippen molar-refractivity contribution < 1.29 is 14.3 Å². The fourth-order valence-electron chi connectivity index (χ4n) is 3.43. The number of nitrogens with zero attached hydrogens (tertiary/aromatic N) is 1. The van der Waals surface area contributed by atoms with Gasteiger partial charge in [0, 0.05) is 16.3 Å². The molecule has 1 unspecified atom stereocenters. The number of aryl methyl sites for hydroxylation is 1. The van der Waals surface area contributed by atoms with Crippen LogP contribution in [-0.2, 0) is 11.3 Å². The molecule has 0 bridgehead atoms. The maximum atomic E-state index is 12.9. The zero-order valence-corrected chi connectivity index (χ0v) is 17.4. The van der Waals surface area contributed by atoms with E-state index in [1.807, 2.05) is 43.3 Å². The lowest BCUT2D eigenvalue weighted by molar-refractivity contribution is -0.125. The van der Waals surface area contributed by atoms with Gasteiger partial charge in [-0.3, -0.25) is 9.59 Å². The van der Waals surface area contributed by atoms with Gasteiger partial charge in [-0.2, -0.15) is 0 Å². The molecule has 4 rings (SSSR count). The maximum absolute atomic E-state index is 12.9. The summed E-state index contributed by atoms with van der Waals surface area (Å²) in [6.45, 7) is 3.97. The first-order chi connectivity index (χ1) is 14.4. The summed E-state index contributed by atoms with van der Waals surface area (Å²) in [6, 6.07) is 20.1. The van der Waals surface area contributed by atoms with Crippen LogP contribution in [0.3, 0.4) is 0 Å². The molecule has 1 N–H and O–H groups in total. The topological polar surface area (TPSA) is 58.6 Å². The van der Waals surface area contributed by atoms with Crippen molar-refractivity contribution in [2.45, 2.75) is 26.5 Å². The lowest BCUT2D eigenvalue weighted by Crippen LogP contribution is -2.44. The number of hydrogen-bond acceptors (Lipinski definition) is 3. The van der Waals surface area contributed by atoms with Crippen LogP contribution in [0.4, 0.5) is 11.4 Å². The van der Waals surface area contributed by atoms with Gasteiger partial charge >= 0.3 is 0 Å². The maximum Gasteiger partial charge on any atom is 0.268 e. The van der Waals surface area contributed by atoms with E-state index in [0.29, 0.717) is 34.3 Å². The summed E-state index contributed by atoms with van der Waals surface area (Å²) in [5.41, 5.74) is 3.59. The fourth-order valence-corrected chi connectivity index (χ4v) is 3.63. The van der Waals surface area contributed by atoms with Gasteiger partial charge in [0.05, 0.1) is 12.2 Å². The molecular formula is C24H21ClN2O3. The van der Waals surface area contributed by atoms with Crippen LogP contribution >= 0.6 is 11.6 Å². The van der Waals surface area contributed by atoms with E-state index in [2.05, 4.69) is 5.32 Å². The van der Waals surface area contributed by atoms with Gasteiger partial charge in [0.2, 0.25) is 0 Å². The number of nitrogens with one attached hydrogen (secondary N) is 1. The van der Waals surface area contributed by atoms with Crippen molar-refractivity contribution in [3.63, 3.8) is 0 Å². The monoisotopic (exact) mass is 420 g/mol. The molecule has 1 atom stereocenters. The average molecular weight is 421 g/mol. The number of benzene rings is 3. The zero-order chi connectivity index (χ0) is 21.3. The second kappa shape index (κ2) is 8.20. The Labute approximate surface area is 180 Å². The normalized spacial score (nSPS) is 15.4. The predicted octanol–water partition coefficient (Wildman–Crippen LogP) is 5.21. The van der Waals surface area contributed by atoms with Crippen molar-refractivity contribution in [1.82, 2.24) is 0 Å². The Balaban J connectivity index is 1.65. The molecule has 6 heteroatoms. The van der Waals surface area contributed by atoms with Crippen LogP contribution in [0.1, 0.15) is 28.4 Å². The number of carbonyl (C=O) groups is 2. The molecule has 5 nitrogen and oxygen atoms in total. The molecule has 0 spiro atoms. The van der Waals surface area contributed by atoms with Gasteiger partial charge in [-0.05, 0) is 55.8 Å². The highest BCUT2D eigenvalue weighted by Crippen LogP contribution is 2.38. The molecule has 0 aliphatic carbocycles. The molecule has 1 aliphatic heterocycles. The van der Waals surface area contributed by atoms with E-state index in [1.165, 1.54) is 0 Å². The van der Waals surface area contributed by atoms with Gasteiger partial charge in [0.15, 0.2) is 6.10 Å². The average Bonchev–Trinajstić information content (AvgIpc) is 2.73. The third-order valence-corrected chi connectivity index (χ3v) is 5.36. The molecule has 3 aromatic carbocycles. The first-order valence-electron chi connectivity index (χ1n) is 9.66. The van der Waals surface area contributed by atoms with E-state index in [9.17, 15) is 9.59 Å². The van der Waals surface area contributed by atoms with Crippen molar-refractivity contribution in [2.75, 3.05) is 10.2 Å². The number of fused-ring (bicyclic) bond motifs is 1. The molecule has 1 heterocycles. The van der Waals surface area contributed by atoms with Crippen LogP contribution in [0.15, 0.2) is 66.7 Å². The quantitative estimate of drug-likeness (QED) is 0.629. The first kappa shape index (κ1) is 20.0. The largest absolute Gasteiger partial charge is 0.479 e. The minimum absolute atomic E-state index is 0.162. The van der Waals surface area contributed by atoms with Crippen LogP contribution < -0.4 is 15.0 Å². The second-order valence-electron chi connectivity index (χ2n) is 7.28. The van der Waals surface area contributed by atoms with Crippen molar-refractivity contribution in [3.05, 3.63) is 88.4 Å². The van der Waals surface area contributed by atoms with Crippen LogP contribution in [-0.4, -0.2) is 17.9 Å². The summed E-state index contributed by atoms with van der Waals surface area (Å²) in [6.07, 6.45) is -0.604. The highest BCUT2D eigenvalue weighted by Gasteiger charge is 2.32. The third-order valence-electron chi connectivity index (χ3n) is 4.99. The Morgan fingerprint density at radius 1 is 1.10 bits per heavy atom. The second-order valence-corrected chi connectivity index (χ2v) is 7.69. The highest BCUT2D eigenvalue weighted by molar-refractivity contribution is 6.31. The van der Waals surface area contributed by atoms with Crippen molar-refractivity contribution >= 4 is 34.8 Å². The van der Waals surface area contributed by atoms with Gasteiger partial charge in [0.25, 0.3) is 11.8 Å². The van der Waals surface area contributed by atoms with Gasteiger partial charge in [0.1, 0.15) is 5.75 Å². The van der Waals surface area contributed by atoms with Gasteiger partial charge in [-0.15, -0.1) is 0 Å². The Kier molecular flexibility index (Phi) is 5.46. The number of anilines is 2. The molecular weight excluding hydrogens is 400 g/mol. The molecule has 0 fully saturated rings. The smallest absolute Gasteiger partial charge is 0.268 e. The van der Waals surface area contributed by atoms with E-state index in [0.717, 1.165) is 11.1 Å². The van der Waals surface area contributed by atoms with Gasteiger partial charge < -0.3 is 15.0 Å². The molecule has 2 amide bonds. The van der Waals surface area contributed by atoms with Crippen LogP contribution in [0.2, 0.25) is 5.02 Å². The lowest BCUT2D eigenvalue weighted by atomic mass is 10.1. The number of hydrogen-bond donors (Lipinski definition) is 1. The zero-order valence-electron chi connectivity index (χ0n) is 16.7. The van der Waals surface area contributed by atoms with E-state index in [1.54, 1.807) is 42.2 Å². The van der Waals surface area contributed by atoms with E-state index in [4.69, 9.17) is 16.3 Å². The number of amides is 2. The number of halogens is 1. The summed E-state index contributed by atoms with van der Waals surface area (Å²) in [5, 5.41) is 3.49. The standard InChI is InChI=1S/C24H21ClN2O3/c1-15-6-5-8-17(12-15)23(28)26-19-10-11-22-21(13-19)27(24(29)16(2)30-22)14-18-7-3-4-9-20(18)25/h3-13,16H,14H2,1-2H3,(H,26,28). The summed E-state index contributed by atoms with van der Waals surface area (Å²) in [4.78, 5) is 27.1. The molecule has 0 aromatic heterocycles. The number of ether oxygens (including phenoxy) is 1. The highest BCUT2D eigenvalue weighted by atomic mass is 35.5. The SMILES string of the molecule is Cc1cccc(C(=O)Nc2ccc3c(c2)N(Cc2ccccc2Cl)C(=O)C(C)O3)c1. The summed E-state index contributed by atoms with van der Waals surface area (Å²) in [7, 11) is 0. The first-order valence-corrected chi connectivity index (χ1v) is 10.0. The summed E-state index contributed by atoms with van der Waals surface area (Å²) in [5.74, 6) is 0.208. The number of carbonyl (C=O) groups excluding carboxylic acids is 2. The van der Waals surface area contributed by atoms with Crippen LogP contribution in [0.5, 0.6) is 5.75 Å². The van der Waals surface area contributed by atoms with Crippen molar-refractivity contribution in [1.29, 1.82) is 0 Å². The van der Waals surface area contributed by atoms with E-state index < -0.39 is 6.10 Å². The van der Waals surface area contributed by atoms with Gasteiger partial charge in [-0.25, -0.2) is 0 Å². The molecule has 0 saturated heterocycles. The Bertz CT molecular complexity index is 1130. The minimum Gasteiger partial charge on any atom is -0.479 e. The molecule has 0 saturated carbocycles. The predicted molar refractivity (Wildman–Crippen MR) is 118 cm³/mol. The van der Waals surface area contributed by atoms with Crippen LogP contribution in [0, 0.1) is 6.92 Å². The summed E-state index contributed by atoms with van der Waals surface area (Å²) >= 11 is 6.31. The molecule has 0 radical (unpaired) electrons. The number of rotatable bonds is 4. The molecule has 30 heavy (non-hydrogen) atoms. The third kappa shape index (κ3) is 4.02. The molecule has 3 aromatic rings. The van der Waals surface area contributed by atoms with Crippen molar-refractivity contribution in [2.24, 2.45) is 0 Å². The minimum atomic E-state index is -0.604. The van der Waals surface area contributed by atoms with E-state index >= 15 is 0 Å². The van der Waals surface area contributed by atoms with Crippen molar-refractivity contribution in [3.8, 4) is 5.75 Å². The fraction of sp³-hybridized carbons (Fsp3) is 0.167. The molecule has 152 valence electrons. The molecule has 1 aliphatic rings. The Morgan fingerprint density at radius 3 is 2.67 bits per heavy atom. The van der Waals surface area contributed by atoms with Gasteiger partial charge in [-0.1, -0.05) is 47.5 Å².